The summed E-state index contributed by atoms with van der Waals surface area (Å²) in [4.78, 5) is 14.1. The number of morpholine rings is 1. The summed E-state index contributed by atoms with van der Waals surface area (Å²) in [5.41, 5.74) is 0.427. The van der Waals surface area contributed by atoms with Crippen molar-refractivity contribution in [2.45, 2.75) is 19.0 Å². The topological polar surface area (TPSA) is 72.3 Å². The number of nitrogens with one attached hydrogen (secondary N) is 1. The Morgan fingerprint density at radius 1 is 1.56 bits per heavy atom. The van der Waals surface area contributed by atoms with E-state index < -0.39 is 0 Å². The molecule has 7 nitrogen and oxygen atoms in total. The van der Waals surface area contributed by atoms with Crippen LogP contribution in [-0.4, -0.2) is 64.7 Å². The van der Waals surface area contributed by atoms with Crippen molar-refractivity contribution in [3.63, 3.8) is 0 Å². The van der Waals surface area contributed by atoms with Crippen LogP contribution in [-0.2, 0) is 4.74 Å². The van der Waals surface area contributed by atoms with Gasteiger partial charge in [-0.2, -0.15) is 0 Å². The SMILES string of the molecule is CC1COCCN1C(=O)c1cn(C2CNC2)nn1. The Bertz CT molecular complexity index is 442. The maximum absolute atomic E-state index is 12.3. The van der Waals surface area contributed by atoms with Crippen LogP contribution in [0, 0.1) is 0 Å². The van der Waals surface area contributed by atoms with Crippen LogP contribution < -0.4 is 5.32 Å². The van der Waals surface area contributed by atoms with E-state index >= 15 is 0 Å². The first-order valence-corrected chi connectivity index (χ1v) is 6.27. The lowest BCUT2D eigenvalue weighted by molar-refractivity contribution is 0.00326. The number of nitrogens with zero attached hydrogens (tertiary/aromatic N) is 4. The van der Waals surface area contributed by atoms with E-state index in [0.29, 0.717) is 31.5 Å². The van der Waals surface area contributed by atoms with Crippen molar-refractivity contribution < 1.29 is 9.53 Å². The third-order valence-corrected chi connectivity index (χ3v) is 3.49. The van der Waals surface area contributed by atoms with Gasteiger partial charge in [-0.15, -0.1) is 5.10 Å². The molecule has 2 saturated heterocycles. The molecular weight excluding hydrogens is 234 g/mol. The van der Waals surface area contributed by atoms with E-state index in [4.69, 9.17) is 4.74 Å². The number of aromatic nitrogens is 3. The smallest absolute Gasteiger partial charge is 0.276 e. The maximum Gasteiger partial charge on any atom is 0.276 e. The van der Waals surface area contributed by atoms with Crippen molar-refractivity contribution in [3.8, 4) is 0 Å². The fourth-order valence-corrected chi connectivity index (χ4v) is 2.19. The van der Waals surface area contributed by atoms with Gasteiger partial charge in [0, 0.05) is 19.6 Å². The molecule has 1 amide bonds. The normalized spacial score (nSPS) is 24.9. The average Bonchev–Trinajstić information content (AvgIpc) is 2.76. The molecule has 2 aliphatic rings. The molecule has 1 unspecified atom stereocenters. The summed E-state index contributed by atoms with van der Waals surface area (Å²) in [6.07, 6.45) is 1.75. The molecule has 0 radical (unpaired) electrons. The minimum Gasteiger partial charge on any atom is -0.377 e. The quantitative estimate of drug-likeness (QED) is 0.751. The lowest BCUT2D eigenvalue weighted by Crippen LogP contribution is -2.47. The number of ether oxygens (including phenoxy) is 1. The zero-order valence-electron chi connectivity index (χ0n) is 10.4. The van der Waals surface area contributed by atoms with Crippen molar-refractivity contribution in [2.24, 2.45) is 0 Å². The van der Waals surface area contributed by atoms with E-state index in [1.807, 2.05) is 6.92 Å². The highest BCUT2D eigenvalue weighted by Crippen LogP contribution is 2.13. The first kappa shape index (κ1) is 11.6. The molecule has 2 aliphatic heterocycles. The monoisotopic (exact) mass is 251 g/mol. The van der Waals surface area contributed by atoms with Crippen LogP contribution in [0.5, 0.6) is 0 Å². The third-order valence-electron chi connectivity index (χ3n) is 3.49. The van der Waals surface area contributed by atoms with Crippen LogP contribution in [0.2, 0.25) is 0 Å². The minimum absolute atomic E-state index is 0.0515. The maximum atomic E-state index is 12.3. The average molecular weight is 251 g/mol. The molecule has 3 heterocycles. The van der Waals surface area contributed by atoms with Gasteiger partial charge in [0.1, 0.15) is 0 Å². The standard InChI is InChI=1S/C11H17N5O2/c1-8-7-18-3-2-15(8)11(17)10-6-16(14-13-10)9-4-12-5-9/h6,8-9,12H,2-5,7H2,1H3. The van der Waals surface area contributed by atoms with Gasteiger partial charge in [-0.3, -0.25) is 4.79 Å². The summed E-state index contributed by atoms with van der Waals surface area (Å²) in [5.74, 6) is -0.0515. The van der Waals surface area contributed by atoms with Crippen LogP contribution in [0.1, 0.15) is 23.5 Å². The second-order valence-electron chi connectivity index (χ2n) is 4.82. The summed E-state index contributed by atoms with van der Waals surface area (Å²) in [6, 6.07) is 0.433. The summed E-state index contributed by atoms with van der Waals surface area (Å²) >= 11 is 0. The number of hydrogen-bond acceptors (Lipinski definition) is 5. The van der Waals surface area contributed by atoms with Gasteiger partial charge >= 0.3 is 0 Å². The van der Waals surface area contributed by atoms with Gasteiger partial charge in [0.15, 0.2) is 5.69 Å². The van der Waals surface area contributed by atoms with Gasteiger partial charge < -0.3 is 15.0 Å². The predicted octanol–water partition coefficient (Wildman–Crippen LogP) is -0.717. The minimum atomic E-state index is -0.0515. The number of carbonyl (C=O) groups excluding carboxylic acids is 1. The molecule has 98 valence electrons. The van der Waals surface area contributed by atoms with Crippen LogP contribution >= 0.6 is 0 Å². The highest BCUT2D eigenvalue weighted by Gasteiger charge is 2.28. The van der Waals surface area contributed by atoms with Gasteiger partial charge in [0.2, 0.25) is 0 Å². The molecule has 7 heteroatoms. The highest BCUT2D eigenvalue weighted by atomic mass is 16.5. The molecule has 2 fully saturated rings. The summed E-state index contributed by atoms with van der Waals surface area (Å²) < 4.78 is 7.10. The van der Waals surface area contributed by atoms with E-state index in [9.17, 15) is 4.79 Å². The van der Waals surface area contributed by atoms with E-state index in [-0.39, 0.29) is 11.9 Å². The molecule has 18 heavy (non-hydrogen) atoms. The van der Waals surface area contributed by atoms with Gasteiger partial charge in [-0.1, -0.05) is 5.21 Å². The van der Waals surface area contributed by atoms with Crippen molar-refractivity contribution in [2.75, 3.05) is 32.8 Å². The molecule has 1 aromatic rings. The Balaban J connectivity index is 1.72. The fraction of sp³-hybridized carbons (Fsp3) is 0.727. The molecule has 0 spiro atoms. The molecule has 0 aromatic carbocycles. The molecular formula is C11H17N5O2. The lowest BCUT2D eigenvalue weighted by Gasteiger charge is -2.32. The highest BCUT2D eigenvalue weighted by molar-refractivity contribution is 5.92. The van der Waals surface area contributed by atoms with E-state index in [0.717, 1.165) is 13.1 Å². The third kappa shape index (κ3) is 1.99. The Morgan fingerprint density at radius 2 is 2.39 bits per heavy atom. The van der Waals surface area contributed by atoms with Gasteiger partial charge in [0.05, 0.1) is 31.5 Å². The molecule has 0 bridgehead atoms. The van der Waals surface area contributed by atoms with E-state index in [2.05, 4.69) is 15.6 Å². The summed E-state index contributed by atoms with van der Waals surface area (Å²) in [6.45, 7) is 5.58. The second-order valence-corrected chi connectivity index (χ2v) is 4.82. The van der Waals surface area contributed by atoms with E-state index in [1.54, 1.807) is 15.8 Å². The van der Waals surface area contributed by atoms with Crippen molar-refractivity contribution >= 4 is 5.91 Å². The predicted molar refractivity (Wildman–Crippen MR) is 63.2 cm³/mol. The molecule has 3 rings (SSSR count). The Hall–Kier alpha value is -1.47. The summed E-state index contributed by atoms with van der Waals surface area (Å²) in [7, 11) is 0. The molecule has 0 saturated carbocycles. The number of rotatable bonds is 2. The largest absolute Gasteiger partial charge is 0.377 e. The van der Waals surface area contributed by atoms with Gasteiger partial charge in [-0.25, -0.2) is 4.68 Å². The fourth-order valence-electron chi connectivity index (χ4n) is 2.19. The molecule has 1 N–H and O–H groups in total. The molecule has 1 aromatic heterocycles. The number of carbonyl (C=O) groups is 1. The molecule has 1 atom stereocenters. The van der Waals surface area contributed by atoms with Crippen molar-refractivity contribution in [1.82, 2.24) is 25.2 Å². The Kier molecular flexibility index (Phi) is 3.00. The van der Waals surface area contributed by atoms with Crippen molar-refractivity contribution in [3.05, 3.63) is 11.9 Å². The zero-order chi connectivity index (χ0) is 12.5. The van der Waals surface area contributed by atoms with Crippen LogP contribution in [0.25, 0.3) is 0 Å². The lowest BCUT2D eigenvalue weighted by atomic mass is 10.2. The second kappa shape index (κ2) is 4.66. The van der Waals surface area contributed by atoms with Crippen LogP contribution in [0.3, 0.4) is 0 Å². The van der Waals surface area contributed by atoms with Crippen LogP contribution in [0.4, 0.5) is 0 Å². The van der Waals surface area contributed by atoms with Gasteiger partial charge in [0.25, 0.3) is 5.91 Å². The first-order chi connectivity index (χ1) is 8.75. The number of amides is 1. The first-order valence-electron chi connectivity index (χ1n) is 6.27. The van der Waals surface area contributed by atoms with Crippen LogP contribution in [0.15, 0.2) is 6.20 Å². The summed E-state index contributed by atoms with van der Waals surface area (Å²) in [5, 5.41) is 11.2. The zero-order valence-corrected chi connectivity index (χ0v) is 10.4. The Labute approximate surface area is 105 Å². The molecule has 0 aliphatic carbocycles. The Morgan fingerprint density at radius 3 is 3.06 bits per heavy atom. The van der Waals surface area contributed by atoms with E-state index in [1.165, 1.54) is 0 Å². The number of hydrogen-bond donors (Lipinski definition) is 1. The van der Waals surface area contributed by atoms with Gasteiger partial charge in [-0.05, 0) is 6.92 Å². The van der Waals surface area contributed by atoms with Crippen molar-refractivity contribution in [1.29, 1.82) is 0 Å².